The summed E-state index contributed by atoms with van der Waals surface area (Å²) in [6.07, 6.45) is -11.1. The van der Waals surface area contributed by atoms with Crippen LogP contribution in [0.1, 0.15) is 54.0 Å². The van der Waals surface area contributed by atoms with Gasteiger partial charge >= 0.3 is 12.4 Å². The molecule has 3 rings (SSSR count). The van der Waals surface area contributed by atoms with Gasteiger partial charge in [-0.2, -0.15) is 26.3 Å². The standard InChI is InChI=1S/C23H20ClF7O2/c1-12(14-8-15(22(26,27)28)10-16(9-14)23(29,30)31)33-20-7-6-18(19(32)11-24)21(20)13-2-4-17(25)5-3-13/h2-5,8-10,12,18,20-21H,6-7,11H2,1H3/t12?,18-,20-,21-/m0/s1. The number of ether oxygens (including phenoxy) is 1. The summed E-state index contributed by atoms with van der Waals surface area (Å²) in [6.45, 7) is 1.36. The topological polar surface area (TPSA) is 26.3 Å². The Balaban J connectivity index is 1.94. The summed E-state index contributed by atoms with van der Waals surface area (Å²) >= 11 is 5.72. The van der Waals surface area contributed by atoms with E-state index in [4.69, 9.17) is 16.3 Å². The van der Waals surface area contributed by atoms with E-state index in [1.54, 1.807) is 0 Å². The molecule has 1 unspecified atom stereocenters. The van der Waals surface area contributed by atoms with Gasteiger partial charge in [-0.05, 0) is 61.2 Å². The van der Waals surface area contributed by atoms with Crippen LogP contribution in [-0.2, 0) is 21.9 Å². The van der Waals surface area contributed by atoms with Crippen LogP contribution in [0, 0.1) is 11.7 Å². The molecule has 0 spiro atoms. The zero-order chi connectivity index (χ0) is 24.6. The van der Waals surface area contributed by atoms with Crippen molar-refractivity contribution >= 4 is 17.4 Å². The van der Waals surface area contributed by atoms with Crippen molar-refractivity contribution in [3.63, 3.8) is 0 Å². The maximum atomic E-state index is 13.4. The van der Waals surface area contributed by atoms with Crippen LogP contribution >= 0.6 is 11.6 Å². The number of Topliss-reactive ketones (excluding diaryl/α,β-unsaturated/α-hetero) is 1. The van der Waals surface area contributed by atoms with Crippen molar-refractivity contribution in [2.75, 3.05) is 5.88 Å². The van der Waals surface area contributed by atoms with Gasteiger partial charge in [-0.3, -0.25) is 4.79 Å². The van der Waals surface area contributed by atoms with Crippen molar-refractivity contribution in [2.24, 2.45) is 5.92 Å². The molecule has 4 atom stereocenters. The molecule has 180 valence electrons. The summed E-state index contributed by atoms with van der Waals surface area (Å²) < 4.78 is 98.6. The zero-order valence-electron chi connectivity index (χ0n) is 17.3. The van der Waals surface area contributed by atoms with Crippen molar-refractivity contribution < 1.29 is 40.3 Å². The predicted octanol–water partition coefficient (Wildman–Crippen LogP) is 7.31. The summed E-state index contributed by atoms with van der Waals surface area (Å²) in [5.74, 6) is -2.13. The van der Waals surface area contributed by atoms with Crippen LogP contribution in [0.2, 0.25) is 0 Å². The van der Waals surface area contributed by atoms with Crippen molar-refractivity contribution in [3.05, 3.63) is 70.5 Å². The van der Waals surface area contributed by atoms with Crippen LogP contribution in [-0.4, -0.2) is 17.8 Å². The lowest BCUT2D eigenvalue weighted by molar-refractivity contribution is -0.143. The Labute approximate surface area is 190 Å². The molecule has 0 radical (unpaired) electrons. The van der Waals surface area contributed by atoms with E-state index in [0.29, 0.717) is 30.5 Å². The van der Waals surface area contributed by atoms with Crippen LogP contribution in [0.25, 0.3) is 0 Å². The molecule has 0 N–H and O–H groups in total. The molecule has 10 heteroatoms. The first-order valence-corrected chi connectivity index (χ1v) is 10.6. The number of halogens is 8. The van der Waals surface area contributed by atoms with E-state index in [9.17, 15) is 35.5 Å². The highest BCUT2D eigenvalue weighted by atomic mass is 35.5. The predicted molar refractivity (Wildman–Crippen MR) is 107 cm³/mol. The third-order valence-corrected chi connectivity index (χ3v) is 6.12. The number of benzene rings is 2. The van der Waals surface area contributed by atoms with Gasteiger partial charge in [0.05, 0.1) is 29.2 Å². The first-order valence-electron chi connectivity index (χ1n) is 10.1. The molecule has 0 aliphatic heterocycles. The minimum absolute atomic E-state index is 0.0578. The fraction of sp³-hybridized carbons (Fsp3) is 0.435. The van der Waals surface area contributed by atoms with E-state index in [-0.39, 0.29) is 23.3 Å². The molecular weight excluding hydrogens is 477 g/mol. The molecular formula is C23H20ClF7O2. The lowest BCUT2D eigenvalue weighted by Gasteiger charge is -2.28. The SMILES string of the molecule is CC(O[C@H]1CC[C@@H](C(=O)CCl)[C@@H]1c1ccc(F)cc1)c1cc(C(F)(F)F)cc(C(F)(F)F)c1. The van der Waals surface area contributed by atoms with Crippen LogP contribution in [0.15, 0.2) is 42.5 Å². The number of carbonyl (C=O) groups excluding carboxylic acids is 1. The molecule has 2 aromatic carbocycles. The summed E-state index contributed by atoms with van der Waals surface area (Å²) in [6, 6.07) is 6.69. The average Bonchev–Trinajstić information content (AvgIpc) is 3.15. The van der Waals surface area contributed by atoms with Crippen molar-refractivity contribution in [1.82, 2.24) is 0 Å². The number of hydrogen-bond donors (Lipinski definition) is 0. The molecule has 0 saturated heterocycles. The van der Waals surface area contributed by atoms with Crippen LogP contribution in [0.5, 0.6) is 0 Å². The maximum Gasteiger partial charge on any atom is 0.416 e. The summed E-state index contributed by atoms with van der Waals surface area (Å²) in [5.41, 5.74) is -2.57. The lowest BCUT2D eigenvalue weighted by atomic mass is 9.85. The summed E-state index contributed by atoms with van der Waals surface area (Å²) in [5, 5.41) is 0. The van der Waals surface area contributed by atoms with E-state index in [0.717, 1.165) is 0 Å². The third kappa shape index (κ3) is 5.87. The van der Waals surface area contributed by atoms with Gasteiger partial charge in [-0.15, -0.1) is 11.6 Å². The van der Waals surface area contributed by atoms with Gasteiger partial charge in [0, 0.05) is 11.8 Å². The Morgan fingerprint density at radius 2 is 1.55 bits per heavy atom. The van der Waals surface area contributed by atoms with Gasteiger partial charge in [0.25, 0.3) is 0 Å². The Bertz CT molecular complexity index is 954. The van der Waals surface area contributed by atoms with Gasteiger partial charge < -0.3 is 4.74 Å². The van der Waals surface area contributed by atoms with Crippen LogP contribution < -0.4 is 0 Å². The molecule has 2 aromatic rings. The molecule has 1 saturated carbocycles. The molecule has 0 aromatic heterocycles. The fourth-order valence-electron chi connectivity index (χ4n) is 4.26. The van der Waals surface area contributed by atoms with Crippen LogP contribution in [0.3, 0.4) is 0 Å². The zero-order valence-corrected chi connectivity index (χ0v) is 18.1. The van der Waals surface area contributed by atoms with Crippen LogP contribution in [0.4, 0.5) is 30.7 Å². The quantitative estimate of drug-likeness (QED) is 0.309. The minimum atomic E-state index is -4.97. The Morgan fingerprint density at radius 1 is 1.00 bits per heavy atom. The average molecular weight is 497 g/mol. The molecule has 1 aliphatic carbocycles. The summed E-state index contributed by atoms with van der Waals surface area (Å²) in [4.78, 5) is 12.4. The second-order valence-corrected chi connectivity index (χ2v) is 8.28. The molecule has 0 heterocycles. The first-order chi connectivity index (χ1) is 15.3. The normalized spacial score (nSPS) is 22.4. The second kappa shape index (κ2) is 9.62. The number of rotatable bonds is 6. The van der Waals surface area contributed by atoms with Gasteiger partial charge in [0.15, 0.2) is 5.78 Å². The van der Waals surface area contributed by atoms with Gasteiger partial charge in [-0.25, -0.2) is 4.39 Å². The highest BCUT2D eigenvalue weighted by Crippen LogP contribution is 2.45. The minimum Gasteiger partial charge on any atom is -0.370 e. The maximum absolute atomic E-state index is 13.4. The van der Waals surface area contributed by atoms with Gasteiger partial charge in [0.1, 0.15) is 5.82 Å². The smallest absolute Gasteiger partial charge is 0.370 e. The number of carbonyl (C=O) groups is 1. The number of hydrogen-bond acceptors (Lipinski definition) is 2. The molecule has 33 heavy (non-hydrogen) atoms. The van der Waals surface area contributed by atoms with Crippen molar-refractivity contribution in [2.45, 2.75) is 50.2 Å². The van der Waals surface area contributed by atoms with Gasteiger partial charge in [-0.1, -0.05) is 12.1 Å². The fourth-order valence-corrected chi connectivity index (χ4v) is 4.46. The Morgan fingerprint density at radius 3 is 2.03 bits per heavy atom. The van der Waals surface area contributed by atoms with E-state index in [2.05, 4.69) is 0 Å². The largest absolute Gasteiger partial charge is 0.416 e. The lowest BCUT2D eigenvalue weighted by Crippen LogP contribution is -2.27. The molecule has 0 amide bonds. The highest BCUT2D eigenvalue weighted by molar-refractivity contribution is 6.28. The van der Waals surface area contributed by atoms with Crippen molar-refractivity contribution in [1.29, 1.82) is 0 Å². The molecule has 0 bridgehead atoms. The Kier molecular flexibility index (Phi) is 7.43. The van der Waals surface area contributed by atoms with E-state index in [1.807, 2.05) is 0 Å². The summed E-state index contributed by atoms with van der Waals surface area (Å²) in [7, 11) is 0. The third-order valence-electron chi connectivity index (χ3n) is 5.85. The molecule has 1 fully saturated rings. The van der Waals surface area contributed by atoms with Gasteiger partial charge in [0.2, 0.25) is 0 Å². The Hall–Kier alpha value is -2.13. The van der Waals surface area contributed by atoms with E-state index < -0.39 is 53.3 Å². The van der Waals surface area contributed by atoms with E-state index in [1.165, 1.54) is 31.2 Å². The molecule has 2 nitrogen and oxygen atoms in total. The molecule has 1 aliphatic rings. The second-order valence-electron chi connectivity index (χ2n) is 8.02. The number of ketones is 1. The highest BCUT2D eigenvalue weighted by Gasteiger charge is 2.43. The monoisotopic (exact) mass is 496 g/mol. The van der Waals surface area contributed by atoms with Crippen molar-refractivity contribution in [3.8, 4) is 0 Å². The van der Waals surface area contributed by atoms with E-state index >= 15 is 0 Å². The first kappa shape index (κ1) is 25.5. The number of alkyl halides is 7.